The fourth-order valence-corrected chi connectivity index (χ4v) is 5.00. The lowest BCUT2D eigenvalue weighted by molar-refractivity contribution is -0.121. The molecule has 5 nitrogen and oxygen atoms in total. The fourth-order valence-electron chi connectivity index (χ4n) is 3.39. The second kappa shape index (κ2) is 11.3. The van der Waals surface area contributed by atoms with E-state index in [2.05, 4.69) is 27.6 Å². The maximum atomic E-state index is 12.9. The normalized spacial score (nSPS) is 12.8. The van der Waals surface area contributed by atoms with Crippen LogP contribution >= 0.6 is 46.6 Å². The van der Waals surface area contributed by atoms with Gasteiger partial charge in [0.1, 0.15) is 5.38 Å². The van der Waals surface area contributed by atoms with Crippen LogP contribution in [0.5, 0.6) is 0 Å². The summed E-state index contributed by atoms with van der Waals surface area (Å²) in [5.74, 6) is 0.906. The molecule has 0 saturated heterocycles. The van der Waals surface area contributed by atoms with Crippen LogP contribution in [0.4, 0.5) is 0 Å². The molecular weight excluding hydrogens is 511 g/mol. The van der Waals surface area contributed by atoms with E-state index in [1.807, 2.05) is 66.1 Å². The van der Waals surface area contributed by atoms with Gasteiger partial charge >= 0.3 is 0 Å². The smallest absolute Gasteiger partial charge is 0.243 e. The number of hydrogen-bond acceptors (Lipinski definition) is 4. The summed E-state index contributed by atoms with van der Waals surface area (Å²) >= 11 is 20.6. The van der Waals surface area contributed by atoms with E-state index in [4.69, 9.17) is 34.8 Å². The third-order valence-electron chi connectivity index (χ3n) is 5.09. The Morgan fingerprint density at radius 1 is 1.00 bits per heavy atom. The van der Waals surface area contributed by atoms with Crippen molar-refractivity contribution in [1.29, 1.82) is 0 Å². The fraction of sp³-hybridized carbons (Fsp3) is 0.160. The number of thioether (sulfide) groups is 1. The van der Waals surface area contributed by atoms with Crippen LogP contribution in [0.2, 0.25) is 10.0 Å². The average molecular weight is 532 g/mol. The number of nitrogens with one attached hydrogen (secondary N) is 1. The Morgan fingerprint density at radius 3 is 2.35 bits per heavy atom. The highest BCUT2D eigenvalue weighted by molar-refractivity contribution is 7.98. The summed E-state index contributed by atoms with van der Waals surface area (Å²) in [7, 11) is 0. The molecule has 3 aromatic carbocycles. The Morgan fingerprint density at radius 2 is 1.68 bits per heavy atom. The molecule has 174 valence electrons. The summed E-state index contributed by atoms with van der Waals surface area (Å²) in [4.78, 5) is 12.9. The summed E-state index contributed by atoms with van der Waals surface area (Å²) in [6.45, 7) is 1.84. The number of carbonyl (C=O) groups is 1. The molecule has 2 atom stereocenters. The lowest BCUT2D eigenvalue weighted by Crippen LogP contribution is -2.31. The van der Waals surface area contributed by atoms with E-state index in [1.54, 1.807) is 12.1 Å². The first-order valence-corrected chi connectivity index (χ1v) is 12.7. The average Bonchev–Trinajstić information content (AvgIpc) is 3.27. The number of carbonyl (C=O) groups excluding carboxylic acids is 1. The van der Waals surface area contributed by atoms with Crippen molar-refractivity contribution < 1.29 is 4.79 Å². The summed E-state index contributed by atoms with van der Waals surface area (Å²) in [6, 6.07) is 24.0. The predicted molar refractivity (Wildman–Crippen MR) is 139 cm³/mol. The van der Waals surface area contributed by atoms with Gasteiger partial charge in [0, 0.05) is 10.8 Å². The maximum Gasteiger partial charge on any atom is 0.243 e. The molecule has 0 spiro atoms. The molecule has 0 aliphatic rings. The Bertz CT molecular complexity index is 1270. The number of benzene rings is 3. The molecule has 0 aliphatic carbocycles. The molecular formula is C25H21Cl3N4OS. The predicted octanol–water partition coefficient (Wildman–Crippen LogP) is 7.02. The Kier molecular flexibility index (Phi) is 8.16. The number of aromatic nitrogens is 3. The van der Waals surface area contributed by atoms with Crippen LogP contribution in [-0.4, -0.2) is 20.7 Å². The van der Waals surface area contributed by atoms with Gasteiger partial charge in [-0.3, -0.25) is 9.36 Å². The van der Waals surface area contributed by atoms with E-state index in [9.17, 15) is 4.79 Å². The molecule has 9 heteroatoms. The zero-order valence-corrected chi connectivity index (χ0v) is 21.2. The van der Waals surface area contributed by atoms with Crippen molar-refractivity contribution in [3.05, 3.63) is 106 Å². The summed E-state index contributed by atoms with van der Waals surface area (Å²) < 4.78 is 1.85. The van der Waals surface area contributed by atoms with Crippen LogP contribution in [0, 0.1) is 0 Å². The molecule has 0 fully saturated rings. The van der Waals surface area contributed by atoms with Crippen LogP contribution in [0.1, 0.15) is 35.3 Å². The Balaban J connectivity index is 1.63. The van der Waals surface area contributed by atoms with E-state index in [-0.39, 0.29) is 5.91 Å². The number of hydrogen-bond donors (Lipinski definition) is 1. The Hall–Kier alpha value is -2.51. The van der Waals surface area contributed by atoms with Gasteiger partial charge in [0.25, 0.3) is 0 Å². The van der Waals surface area contributed by atoms with E-state index >= 15 is 0 Å². The lowest BCUT2D eigenvalue weighted by Gasteiger charge is -2.19. The van der Waals surface area contributed by atoms with E-state index in [1.165, 1.54) is 11.8 Å². The SMILES string of the molecule is CC(NC(=O)C(Cl)c1ccccc1)c1nnc(SCc2ccccc2)n1-c1ccc(Cl)cc1Cl. The maximum absolute atomic E-state index is 12.9. The summed E-state index contributed by atoms with van der Waals surface area (Å²) in [5, 5.41) is 12.5. The van der Waals surface area contributed by atoms with Gasteiger partial charge in [-0.2, -0.15) is 0 Å². The zero-order valence-electron chi connectivity index (χ0n) is 18.2. The van der Waals surface area contributed by atoms with Crippen molar-refractivity contribution in [2.75, 3.05) is 0 Å². The van der Waals surface area contributed by atoms with Crippen molar-refractivity contribution in [1.82, 2.24) is 20.1 Å². The Labute approximate surface area is 217 Å². The quantitative estimate of drug-likeness (QED) is 0.196. The first-order valence-electron chi connectivity index (χ1n) is 10.5. The van der Waals surface area contributed by atoms with Gasteiger partial charge in [-0.15, -0.1) is 21.8 Å². The number of halogens is 3. The van der Waals surface area contributed by atoms with Gasteiger partial charge in [0.05, 0.1) is 16.8 Å². The molecule has 0 bridgehead atoms. The van der Waals surface area contributed by atoms with Crippen LogP contribution in [0.25, 0.3) is 5.69 Å². The van der Waals surface area contributed by atoms with Crippen molar-refractivity contribution in [3.8, 4) is 5.69 Å². The van der Waals surface area contributed by atoms with Gasteiger partial charge in [-0.25, -0.2) is 0 Å². The second-order valence-corrected chi connectivity index (χ2v) is 9.77. The minimum atomic E-state index is -0.828. The second-order valence-electron chi connectivity index (χ2n) is 7.55. The van der Waals surface area contributed by atoms with Crippen molar-refractivity contribution in [3.63, 3.8) is 0 Å². The highest BCUT2D eigenvalue weighted by Gasteiger charge is 2.25. The first kappa shape index (κ1) is 24.6. The molecule has 1 aromatic heterocycles. The minimum absolute atomic E-state index is 0.324. The van der Waals surface area contributed by atoms with E-state index < -0.39 is 11.4 Å². The van der Waals surface area contributed by atoms with Crippen LogP contribution < -0.4 is 5.32 Å². The van der Waals surface area contributed by atoms with Crippen LogP contribution in [0.15, 0.2) is 84.0 Å². The molecule has 1 amide bonds. The highest BCUT2D eigenvalue weighted by atomic mass is 35.5. The van der Waals surface area contributed by atoms with E-state index in [0.29, 0.717) is 32.5 Å². The molecule has 4 rings (SSSR count). The minimum Gasteiger partial charge on any atom is -0.345 e. The van der Waals surface area contributed by atoms with Crippen molar-refractivity contribution >= 4 is 52.5 Å². The molecule has 0 aliphatic heterocycles. The third kappa shape index (κ3) is 5.76. The van der Waals surface area contributed by atoms with Gasteiger partial charge in [0.15, 0.2) is 11.0 Å². The van der Waals surface area contributed by atoms with Crippen molar-refractivity contribution in [2.45, 2.75) is 29.3 Å². The standard InChI is InChI=1S/C25H21Cl3N4OS/c1-16(29-24(33)22(28)18-10-6-3-7-11-18)23-30-31-25(34-15-17-8-4-2-5-9-17)32(23)21-13-12-19(26)14-20(21)27/h2-14,16,22H,15H2,1H3,(H,29,33). The number of rotatable bonds is 8. The monoisotopic (exact) mass is 530 g/mol. The van der Waals surface area contributed by atoms with Crippen LogP contribution in [0.3, 0.4) is 0 Å². The number of alkyl halides is 1. The van der Waals surface area contributed by atoms with Gasteiger partial charge in [-0.05, 0) is 36.2 Å². The molecule has 0 saturated carbocycles. The first-order chi connectivity index (χ1) is 16.4. The molecule has 0 radical (unpaired) electrons. The molecule has 4 aromatic rings. The molecule has 1 heterocycles. The van der Waals surface area contributed by atoms with Gasteiger partial charge < -0.3 is 5.32 Å². The third-order valence-corrected chi connectivity index (χ3v) is 7.08. The molecule has 34 heavy (non-hydrogen) atoms. The zero-order chi connectivity index (χ0) is 24.1. The van der Waals surface area contributed by atoms with Gasteiger partial charge in [-0.1, -0.05) is 95.6 Å². The summed E-state index contributed by atoms with van der Waals surface area (Å²) in [5.41, 5.74) is 2.54. The lowest BCUT2D eigenvalue weighted by atomic mass is 10.1. The largest absolute Gasteiger partial charge is 0.345 e. The highest BCUT2D eigenvalue weighted by Crippen LogP contribution is 2.32. The van der Waals surface area contributed by atoms with Crippen LogP contribution in [-0.2, 0) is 10.5 Å². The van der Waals surface area contributed by atoms with Gasteiger partial charge in [0.2, 0.25) is 5.91 Å². The molecule has 1 N–H and O–H groups in total. The molecule has 2 unspecified atom stereocenters. The number of nitrogens with zero attached hydrogens (tertiary/aromatic N) is 3. The van der Waals surface area contributed by atoms with Crippen molar-refractivity contribution in [2.24, 2.45) is 0 Å². The number of amides is 1. The topological polar surface area (TPSA) is 59.8 Å². The van der Waals surface area contributed by atoms with E-state index in [0.717, 1.165) is 11.1 Å². The summed E-state index contributed by atoms with van der Waals surface area (Å²) in [6.07, 6.45) is 0.